The van der Waals surface area contributed by atoms with Crippen LogP contribution in [0.3, 0.4) is 0 Å². The number of benzene rings is 1. The zero-order chi connectivity index (χ0) is 12.3. The predicted octanol–water partition coefficient (Wildman–Crippen LogP) is 3.16. The molecule has 0 aliphatic carbocycles. The lowest BCUT2D eigenvalue weighted by Crippen LogP contribution is -2.11. The lowest BCUT2D eigenvalue weighted by atomic mass is 10.1. The molecule has 0 aliphatic heterocycles. The average Bonchev–Trinajstić information content (AvgIpc) is 2.19. The highest BCUT2D eigenvalue weighted by molar-refractivity contribution is 7.97. The molecule has 0 atom stereocenters. The second-order valence-corrected chi connectivity index (χ2v) is 4.04. The van der Waals surface area contributed by atoms with Gasteiger partial charge in [-0.1, -0.05) is 0 Å². The Morgan fingerprint density at radius 1 is 1.38 bits per heavy atom. The number of alkyl halides is 3. The van der Waals surface area contributed by atoms with Crippen molar-refractivity contribution in [2.75, 3.05) is 19.1 Å². The van der Waals surface area contributed by atoms with Gasteiger partial charge in [0.2, 0.25) is 0 Å². The number of hydrogen-bond acceptors (Lipinski definition) is 3. The van der Waals surface area contributed by atoms with Crippen molar-refractivity contribution in [1.82, 2.24) is 0 Å². The van der Waals surface area contributed by atoms with Gasteiger partial charge < -0.3 is 10.5 Å². The largest absolute Gasteiger partial charge is 0.497 e. The molecular formula is C10H12F3NOS. The van der Waals surface area contributed by atoms with Crippen LogP contribution >= 0.6 is 11.8 Å². The molecule has 90 valence electrons. The number of nitrogens with two attached hydrogens (primary N) is 1. The minimum Gasteiger partial charge on any atom is -0.497 e. The van der Waals surface area contributed by atoms with E-state index in [4.69, 9.17) is 10.5 Å². The highest BCUT2D eigenvalue weighted by Crippen LogP contribution is 2.38. The Morgan fingerprint density at radius 3 is 2.44 bits per heavy atom. The number of thioether (sulfide) groups is 1. The highest BCUT2D eigenvalue weighted by atomic mass is 32.2. The van der Waals surface area contributed by atoms with Crippen LogP contribution in [0.4, 0.5) is 18.9 Å². The smallest absolute Gasteiger partial charge is 0.418 e. The van der Waals surface area contributed by atoms with Crippen LogP contribution in [0, 0.1) is 0 Å². The molecule has 0 aromatic heterocycles. The van der Waals surface area contributed by atoms with Gasteiger partial charge in [-0.2, -0.15) is 24.9 Å². The van der Waals surface area contributed by atoms with Crippen LogP contribution in [0.2, 0.25) is 0 Å². The number of anilines is 1. The van der Waals surface area contributed by atoms with Crippen LogP contribution in [0.1, 0.15) is 11.1 Å². The van der Waals surface area contributed by atoms with Gasteiger partial charge in [-0.15, -0.1) is 0 Å². The Kier molecular flexibility index (Phi) is 3.96. The maximum absolute atomic E-state index is 12.6. The van der Waals surface area contributed by atoms with Crippen molar-refractivity contribution in [1.29, 1.82) is 0 Å². The fourth-order valence-corrected chi connectivity index (χ4v) is 1.86. The van der Waals surface area contributed by atoms with Crippen molar-refractivity contribution in [3.63, 3.8) is 0 Å². The first-order valence-corrected chi connectivity index (χ1v) is 5.82. The fraction of sp³-hybridized carbons (Fsp3) is 0.400. The van der Waals surface area contributed by atoms with Crippen LogP contribution in [0.25, 0.3) is 0 Å². The first-order valence-electron chi connectivity index (χ1n) is 4.42. The van der Waals surface area contributed by atoms with Crippen molar-refractivity contribution in [3.8, 4) is 5.75 Å². The molecule has 16 heavy (non-hydrogen) atoms. The molecule has 0 heterocycles. The van der Waals surface area contributed by atoms with Crippen molar-refractivity contribution >= 4 is 17.4 Å². The molecule has 0 radical (unpaired) electrons. The Balaban J connectivity index is 3.31. The Labute approximate surface area is 96.0 Å². The highest BCUT2D eigenvalue weighted by Gasteiger charge is 2.34. The van der Waals surface area contributed by atoms with Crippen molar-refractivity contribution in [2.45, 2.75) is 11.9 Å². The lowest BCUT2D eigenvalue weighted by molar-refractivity contribution is -0.137. The topological polar surface area (TPSA) is 35.2 Å². The van der Waals surface area contributed by atoms with Crippen LogP contribution in [-0.2, 0) is 11.9 Å². The molecule has 0 aliphatic rings. The van der Waals surface area contributed by atoms with Gasteiger partial charge in [0, 0.05) is 11.4 Å². The fourth-order valence-electron chi connectivity index (χ4n) is 1.31. The molecule has 0 amide bonds. The van der Waals surface area contributed by atoms with E-state index in [-0.39, 0.29) is 11.4 Å². The van der Waals surface area contributed by atoms with Gasteiger partial charge in [-0.05, 0) is 24.0 Å². The van der Waals surface area contributed by atoms with Crippen molar-refractivity contribution < 1.29 is 17.9 Å². The summed E-state index contributed by atoms with van der Waals surface area (Å²) in [5.74, 6) is 0.595. The summed E-state index contributed by atoms with van der Waals surface area (Å²) in [4.78, 5) is 0. The quantitative estimate of drug-likeness (QED) is 0.838. The summed E-state index contributed by atoms with van der Waals surface area (Å²) in [5.41, 5.74) is 4.88. The predicted molar refractivity (Wildman–Crippen MR) is 59.6 cm³/mol. The molecule has 1 aromatic carbocycles. The van der Waals surface area contributed by atoms with Crippen molar-refractivity contribution in [2.24, 2.45) is 0 Å². The van der Waals surface area contributed by atoms with E-state index in [1.807, 2.05) is 0 Å². The molecule has 6 heteroatoms. The van der Waals surface area contributed by atoms with E-state index in [1.54, 1.807) is 6.26 Å². The summed E-state index contributed by atoms with van der Waals surface area (Å²) in [7, 11) is 1.33. The average molecular weight is 251 g/mol. The third kappa shape index (κ3) is 2.75. The summed E-state index contributed by atoms with van der Waals surface area (Å²) in [5, 5.41) is 0. The van der Waals surface area contributed by atoms with Gasteiger partial charge in [0.25, 0.3) is 0 Å². The van der Waals surface area contributed by atoms with E-state index in [2.05, 4.69) is 0 Å². The molecule has 0 fully saturated rings. The first-order chi connectivity index (χ1) is 7.40. The number of methoxy groups -OCH3 is 1. The standard InChI is InChI=1S/C10H12F3NOS/c1-15-7-3-6(5-16-2)9(14)8(4-7)10(11,12)13/h3-4H,5,14H2,1-2H3. The lowest BCUT2D eigenvalue weighted by Gasteiger charge is -2.15. The van der Waals surface area contributed by atoms with Gasteiger partial charge in [0.05, 0.1) is 12.7 Å². The van der Waals surface area contributed by atoms with E-state index in [0.29, 0.717) is 11.3 Å². The summed E-state index contributed by atoms with van der Waals surface area (Å²) in [6, 6.07) is 2.44. The molecular weight excluding hydrogens is 239 g/mol. The summed E-state index contributed by atoms with van der Waals surface area (Å²) < 4.78 is 42.8. The molecule has 2 nitrogen and oxygen atoms in total. The van der Waals surface area contributed by atoms with Gasteiger partial charge >= 0.3 is 6.18 Å². The summed E-state index contributed by atoms with van der Waals surface area (Å²) in [6.07, 6.45) is -2.65. The Bertz CT molecular complexity index is 379. The van der Waals surface area contributed by atoms with Gasteiger partial charge in [-0.25, -0.2) is 0 Å². The maximum atomic E-state index is 12.6. The minimum atomic E-state index is -4.45. The van der Waals surface area contributed by atoms with E-state index < -0.39 is 11.7 Å². The molecule has 0 spiro atoms. The third-order valence-corrected chi connectivity index (χ3v) is 2.68. The number of rotatable bonds is 3. The van der Waals surface area contributed by atoms with Gasteiger partial charge in [0.15, 0.2) is 0 Å². The van der Waals surface area contributed by atoms with Gasteiger partial charge in [-0.3, -0.25) is 0 Å². The molecule has 1 aromatic rings. The van der Waals surface area contributed by atoms with Crippen molar-refractivity contribution in [3.05, 3.63) is 23.3 Å². The van der Waals surface area contributed by atoms with E-state index >= 15 is 0 Å². The van der Waals surface area contributed by atoms with Crippen LogP contribution < -0.4 is 10.5 Å². The number of halogens is 3. The molecule has 0 saturated heterocycles. The number of nitrogen functional groups attached to an aromatic ring is 1. The normalized spacial score (nSPS) is 11.6. The van der Waals surface area contributed by atoms with Crippen LogP contribution in [0.15, 0.2) is 12.1 Å². The third-order valence-electron chi connectivity index (χ3n) is 2.08. The molecule has 1 rings (SSSR count). The number of hydrogen-bond donors (Lipinski definition) is 1. The maximum Gasteiger partial charge on any atom is 0.418 e. The van der Waals surface area contributed by atoms with Gasteiger partial charge in [0.1, 0.15) is 5.75 Å². The van der Waals surface area contributed by atoms with Crippen LogP contribution in [-0.4, -0.2) is 13.4 Å². The number of ether oxygens (including phenoxy) is 1. The molecule has 0 bridgehead atoms. The second-order valence-electron chi connectivity index (χ2n) is 3.18. The first kappa shape index (κ1) is 13.0. The SMILES string of the molecule is COc1cc(CSC)c(N)c(C(F)(F)F)c1. The van der Waals surface area contributed by atoms with Crippen LogP contribution in [0.5, 0.6) is 5.75 Å². The molecule has 0 unspecified atom stereocenters. The Hall–Kier alpha value is -1.04. The second kappa shape index (κ2) is 4.86. The zero-order valence-corrected chi connectivity index (χ0v) is 9.71. The summed E-state index contributed by atoms with van der Waals surface area (Å²) >= 11 is 1.40. The monoisotopic (exact) mass is 251 g/mol. The minimum absolute atomic E-state index is 0.172. The van der Waals surface area contributed by atoms with E-state index in [1.165, 1.54) is 24.9 Å². The van der Waals surface area contributed by atoms with E-state index in [9.17, 15) is 13.2 Å². The molecule has 2 N–H and O–H groups in total. The van der Waals surface area contributed by atoms with E-state index in [0.717, 1.165) is 6.07 Å². The Morgan fingerprint density at radius 2 is 2.00 bits per heavy atom. The molecule has 0 saturated carbocycles. The summed E-state index contributed by atoms with van der Waals surface area (Å²) in [6.45, 7) is 0. The zero-order valence-electron chi connectivity index (χ0n) is 8.89.